The van der Waals surface area contributed by atoms with E-state index in [2.05, 4.69) is 9.72 Å². The Morgan fingerprint density at radius 1 is 1.15 bits per heavy atom. The van der Waals surface area contributed by atoms with Gasteiger partial charge in [-0.25, -0.2) is 0 Å². The predicted molar refractivity (Wildman–Crippen MR) is 93.6 cm³/mol. The number of Topliss-reactive ketones (excluding diaryl/α,β-unsaturated/α-hetero) is 1. The monoisotopic (exact) mass is 379 g/mol. The van der Waals surface area contributed by atoms with Crippen LogP contribution in [0.1, 0.15) is 23.0 Å². The van der Waals surface area contributed by atoms with E-state index in [1.54, 1.807) is 31.2 Å². The number of hydrogen-bond acceptors (Lipinski definition) is 3. The fraction of sp³-hybridized carbons (Fsp3) is 0.158. The average Bonchev–Trinajstić information content (AvgIpc) is 2.52. The second kappa shape index (κ2) is 6.61. The maximum Gasteiger partial charge on any atom is 0.573 e. The van der Waals surface area contributed by atoms with Crippen LogP contribution >= 0.6 is 11.6 Å². The summed E-state index contributed by atoms with van der Waals surface area (Å²) in [7, 11) is 0. The highest BCUT2D eigenvalue weighted by atomic mass is 35.5. The summed E-state index contributed by atoms with van der Waals surface area (Å²) in [5.41, 5.74) is 2.38. The minimum atomic E-state index is -4.81. The zero-order valence-corrected chi connectivity index (χ0v) is 14.6. The zero-order valence-electron chi connectivity index (χ0n) is 13.8. The zero-order chi connectivity index (χ0) is 19.1. The molecule has 0 amide bonds. The molecule has 7 heteroatoms. The number of carbonyl (C=O) groups is 1. The number of carbonyl (C=O) groups excluding carboxylic acids is 1. The first-order valence-electron chi connectivity index (χ1n) is 7.62. The molecule has 0 radical (unpaired) electrons. The third-order valence-corrected chi connectivity index (χ3v) is 4.07. The number of nitrogens with zero attached hydrogens (tertiary/aromatic N) is 1. The molecule has 0 bridgehead atoms. The highest BCUT2D eigenvalue weighted by Gasteiger charge is 2.31. The van der Waals surface area contributed by atoms with E-state index in [1.807, 2.05) is 0 Å². The number of alkyl halides is 3. The van der Waals surface area contributed by atoms with Gasteiger partial charge in [0.25, 0.3) is 0 Å². The number of pyridine rings is 1. The van der Waals surface area contributed by atoms with E-state index < -0.39 is 6.36 Å². The quantitative estimate of drug-likeness (QED) is 0.527. The van der Waals surface area contributed by atoms with Crippen molar-refractivity contribution in [1.82, 2.24) is 4.98 Å². The van der Waals surface area contributed by atoms with Crippen molar-refractivity contribution in [3.63, 3.8) is 0 Å². The molecule has 0 fully saturated rings. The van der Waals surface area contributed by atoms with Crippen LogP contribution in [-0.4, -0.2) is 17.1 Å². The smallest absolute Gasteiger partial charge is 0.406 e. The first kappa shape index (κ1) is 18.2. The number of fused-ring (bicyclic) bond motifs is 1. The first-order valence-corrected chi connectivity index (χ1v) is 8.00. The molecule has 0 spiro atoms. The summed E-state index contributed by atoms with van der Waals surface area (Å²) in [6.45, 7) is 3.07. The highest BCUT2D eigenvalue weighted by molar-refractivity contribution is 6.31. The number of ether oxygens (including phenoxy) is 1. The Kier molecular flexibility index (Phi) is 4.63. The predicted octanol–water partition coefficient (Wildman–Crippen LogP) is 5.96. The maximum atomic E-state index is 12.6. The van der Waals surface area contributed by atoms with Gasteiger partial charge in [0, 0.05) is 27.2 Å². The Bertz CT molecular complexity index is 1020. The molecule has 0 aliphatic carbocycles. The van der Waals surface area contributed by atoms with Gasteiger partial charge in [0.15, 0.2) is 5.78 Å². The van der Waals surface area contributed by atoms with Crippen molar-refractivity contribution in [1.29, 1.82) is 0 Å². The molecule has 134 valence electrons. The van der Waals surface area contributed by atoms with Crippen molar-refractivity contribution >= 4 is 28.3 Å². The van der Waals surface area contributed by atoms with Gasteiger partial charge in [-0.2, -0.15) is 0 Å². The molecule has 3 rings (SSSR count). The van der Waals surface area contributed by atoms with E-state index >= 15 is 0 Å². The van der Waals surface area contributed by atoms with E-state index in [0.717, 1.165) is 0 Å². The summed E-state index contributed by atoms with van der Waals surface area (Å²) in [6, 6.07) is 10.6. The van der Waals surface area contributed by atoms with Gasteiger partial charge < -0.3 is 4.74 Å². The van der Waals surface area contributed by atoms with Crippen LogP contribution in [0.2, 0.25) is 5.02 Å². The molecule has 0 unspecified atom stereocenters. The van der Waals surface area contributed by atoms with Crippen LogP contribution < -0.4 is 4.74 Å². The standard InChI is InChI=1S/C19H13ClF3NO2/c1-10-17(11(2)25)18(12-4-3-5-13(20)8-12)15-9-14(26-19(21,22)23)6-7-16(15)24-10/h3-9H,1-2H3. The topological polar surface area (TPSA) is 39.2 Å². The fourth-order valence-corrected chi connectivity index (χ4v) is 3.13. The van der Waals surface area contributed by atoms with Gasteiger partial charge in [0.05, 0.1) is 5.52 Å². The summed E-state index contributed by atoms with van der Waals surface area (Å²) in [5, 5.41) is 0.826. The van der Waals surface area contributed by atoms with E-state index in [1.165, 1.54) is 25.1 Å². The minimum absolute atomic E-state index is 0.242. The number of rotatable bonds is 3. The number of aromatic nitrogens is 1. The van der Waals surface area contributed by atoms with E-state index in [9.17, 15) is 18.0 Å². The second-order valence-corrected chi connectivity index (χ2v) is 6.18. The van der Waals surface area contributed by atoms with Gasteiger partial charge >= 0.3 is 6.36 Å². The summed E-state index contributed by atoms with van der Waals surface area (Å²) in [5.74, 6) is -0.623. The Labute approximate surface area is 152 Å². The van der Waals surface area contributed by atoms with E-state index in [4.69, 9.17) is 11.6 Å². The van der Waals surface area contributed by atoms with Crippen LogP contribution in [0.3, 0.4) is 0 Å². The number of aryl methyl sites for hydroxylation is 1. The molecule has 1 aromatic heterocycles. The Morgan fingerprint density at radius 3 is 2.50 bits per heavy atom. The molecule has 3 aromatic rings. The first-order chi connectivity index (χ1) is 12.2. The van der Waals surface area contributed by atoms with Crippen LogP contribution in [0.15, 0.2) is 42.5 Å². The fourth-order valence-electron chi connectivity index (χ4n) is 2.94. The van der Waals surface area contributed by atoms with Crippen molar-refractivity contribution in [2.75, 3.05) is 0 Å². The molecule has 0 saturated heterocycles. The Morgan fingerprint density at radius 2 is 1.88 bits per heavy atom. The Balaban J connectivity index is 2.37. The number of hydrogen-bond donors (Lipinski definition) is 0. The van der Waals surface area contributed by atoms with Crippen LogP contribution in [0.25, 0.3) is 22.0 Å². The van der Waals surface area contributed by atoms with Gasteiger partial charge in [-0.1, -0.05) is 23.7 Å². The lowest BCUT2D eigenvalue weighted by Gasteiger charge is -2.16. The third kappa shape index (κ3) is 3.65. The molecule has 0 aliphatic rings. The van der Waals surface area contributed by atoms with Crippen LogP contribution in [0.5, 0.6) is 5.75 Å². The van der Waals surface area contributed by atoms with Crippen molar-refractivity contribution in [3.05, 3.63) is 58.7 Å². The van der Waals surface area contributed by atoms with Crippen LogP contribution in [-0.2, 0) is 0 Å². The van der Waals surface area contributed by atoms with Crippen LogP contribution in [0.4, 0.5) is 13.2 Å². The van der Waals surface area contributed by atoms with Gasteiger partial charge in [-0.15, -0.1) is 13.2 Å². The minimum Gasteiger partial charge on any atom is -0.406 e. The summed E-state index contributed by atoms with van der Waals surface area (Å²) < 4.78 is 41.8. The average molecular weight is 380 g/mol. The second-order valence-electron chi connectivity index (χ2n) is 5.74. The van der Waals surface area contributed by atoms with Gasteiger partial charge in [0.1, 0.15) is 5.75 Å². The third-order valence-electron chi connectivity index (χ3n) is 3.84. The normalized spacial score (nSPS) is 11.6. The maximum absolute atomic E-state index is 12.6. The molecule has 26 heavy (non-hydrogen) atoms. The van der Waals surface area contributed by atoms with Crippen molar-refractivity contribution in [3.8, 4) is 16.9 Å². The molecule has 0 N–H and O–H groups in total. The molecular formula is C19H13ClF3NO2. The molecule has 3 nitrogen and oxygen atoms in total. The number of ketones is 1. The van der Waals surface area contributed by atoms with Gasteiger partial charge in [-0.05, 0) is 49.7 Å². The lowest BCUT2D eigenvalue weighted by Crippen LogP contribution is -2.17. The molecule has 0 saturated carbocycles. The van der Waals surface area contributed by atoms with Crippen LogP contribution in [0, 0.1) is 6.92 Å². The molecular weight excluding hydrogens is 367 g/mol. The van der Waals surface area contributed by atoms with Gasteiger partial charge in [-0.3, -0.25) is 9.78 Å². The lowest BCUT2D eigenvalue weighted by atomic mass is 9.92. The SMILES string of the molecule is CC(=O)c1c(C)nc2ccc(OC(F)(F)F)cc2c1-c1cccc(Cl)c1. The van der Waals surface area contributed by atoms with Crippen molar-refractivity contribution in [2.24, 2.45) is 0 Å². The summed E-state index contributed by atoms with van der Waals surface area (Å²) in [4.78, 5) is 16.6. The molecule has 2 aromatic carbocycles. The molecule has 0 atom stereocenters. The van der Waals surface area contributed by atoms with Crippen molar-refractivity contribution < 1.29 is 22.7 Å². The Hall–Kier alpha value is -2.60. The largest absolute Gasteiger partial charge is 0.573 e. The van der Waals surface area contributed by atoms with Crippen molar-refractivity contribution in [2.45, 2.75) is 20.2 Å². The summed E-state index contributed by atoms with van der Waals surface area (Å²) in [6.07, 6.45) is -4.81. The molecule has 0 aliphatic heterocycles. The number of halogens is 4. The molecule has 1 heterocycles. The lowest BCUT2D eigenvalue weighted by molar-refractivity contribution is -0.274. The summed E-state index contributed by atoms with van der Waals surface area (Å²) >= 11 is 6.06. The van der Waals surface area contributed by atoms with Gasteiger partial charge in [0.2, 0.25) is 0 Å². The van der Waals surface area contributed by atoms with E-state index in [0.29, 0.717) is 38.3 Å². The number of benzene rings is 2. The van der Waals surface area contributed by atoms with E-state index in [-0.39, 0.29) is 11.5 Å². The highest BCUT2D eigenvalue weighted by Crippen LogP contribution is 2.37.